The summed E-state index contributed by atoms with van der Waals surface area (Å²) in [6, 6.07) is 5.82. The van der Waals surface area contributed by atoms with Crippen LogP contribution in [0.3, 0.4) is 0 Å². The van der Waals surface area contributed by atoms with Crippen molar-refractivity contribution < 1.29 is 5.11 Å². The summed E-state index contributed by atoms with van der Waals surface area (Å²) in [5.74, 6) is 1.77. The fraction of sp³-hybridized carbons (Fsp3) is 0.462. The van der Waals surface area contributed by atoms with E-state index < -0.39 is 0 Å². The second-order valence-corrected chi connectivity index (χ2v) is 5.04. The lowest BCUT2D eigenvalue weighted by atomic mass is 10.3. The van der Waals surface area contributed by atoms with Crippen LogP contribution in [0.4, 0.5) is 0 Å². The van der Waals surface area contributed by atoms with Gasteiger partial charge in [-0.3, -0.25) is 0 Å². The smallest absolute Gasteiger partial charge is 0.112 e. The Balaban J connectivity index is 2.10. The molecular formula is C13H15ClN2O. The number of aromatic nitrogens is 2. The van der Waals surface area contributed by atoms with Crippen LogP contribution >= 0.6 is 11.6 Å². The van der Waals surface area contributed by atoms with E-state index in [2.05, 4.69) is 4.57 Å². The molecule has 1 aromatic carbocycles. The van der Waals surface area contributed by atoms with Crippen molar-refractivity contribution in [2.45, 2.75) is 31.7 Å². The van der Waals surface area contributed by atoms with Gasteiger partial charge in [-0.1, -0.05) is 11.6 Å². The number of hydrogen-bond acceptors (Lipinski definition) is 2. The molecular weight excluding hydrogens is 236 g/mol. The molecule has 0 atom stereocenters. The van der Waals surface area contributed by atoms with Gasteiger partial charge in [0.1, 0.15) is 5.82 Å². The summed E-state index contributed by atoms with van der Waals surface area (Å²) in [5.41, 5.74) is 2.10. The molecule has 0 saturated heterocycles. The molecule has 0 spiro atoms. The molecule has 0 aliphatic heterocycles. The largest absolute Gasteiger partial charge is 0.396 e. The van der Waals surface area contributed by atoms with Crippen molar-refractivity contribution >= 4 is 22.6 Å². The molecule has 0 amide bonds. The number of aliphatic hydroxyl groups is 1. The third-order valence-corrected chi connectivity index (χ3v) is 3.46. The predicted octanol–water partition coefficient (Wildman–Crippen LogP) is 2.95. The third kappa shape index (κ3) is 2.05. The van der Waals surface area contributed by atoms with E-state index >= 15 is 0 Å². The van der Waals surface area contributed by atoms with Crippen LogP contribution in [0.15, 0.2) is 18.2 Å². The summed E-state index contributed by atoms with van der Waals surface area (Å²) < 4.78 is 2.22. The van der Waals surface area contributed by atoms with Crippen molar-refractivity contribution in [2.24, 2.45) is 0 Å². The van der Waals surface area contributed by atoms with Crippen molar-refractivity contribution in [1.29, 1.82) is 0 Å². The summed E-state index contributed by atoms with van der Waals surface area (Å²) in [7, 11) is 0. The molecule has 0 radical (unpaired) electrons. The Hall–Kier alpha value is -1.06. The monoisotopic (exact) mass is 250 g/mol. The van der Waals surface area contributed by atoms with Crippen LogP contribution in [0.25, 0.3) is 11.0 Å². The highest BCUT2D eigenvalue weighted by Crippen LogP contribution is 2.41. The molecule has 1 fully saturated rings. The number of fused-ring (bicyclic) bond motifs is 1. The molecule has 2 aromatic rings. The Morgan fingerprint density at radius 2 is 2.24 bits per heavy atom. The fourth-order valence-corrected chi connectivity index (χ4v) is 2.40. The minimum atomic E-state index is 0.213. The molecule has 90 valence electrons. The highest BCUT2D eigenvalue weighted by Gasteiger charge is 2.29. The van der Waals surface area contributed by atoms with E-state index in [4.69, 9.17) is 21.7 Å². The molecule has 0 bridgehead atoms. The highest BCUT2D eigenvalue weighted by molar-refractivity contribution is 6.31. The van der Waals surface area contributed by atoms with E-state index in [0.717, 1.165) is 34.8 Å². The normalized spacial score (nSPS) is 15.6. The fourth-order valence-electron chi connectivity index (χ4n) is 2.23. The van der Waals surface area contributed by atoms with Crippen molar-refractivity contribution in [3.8, 4) is 0 Å². The number of aryl methyl sites for hydroxylation is 1. The molecule has 3 nitrogen and oxygen atoms in total. The Morgan fingerprint density at radius 1 is 1.41 bits per heavy atom. The zero-order valence-corrected chi connectivity index (χ0v) is 10.3. The summed E-state index contributed by atoms with van der Waals surface area (Å²) in [4.78, 5) is 4.69. The van der Waals surface area contributed by atoms with Gasteiger partial charge < -0.3 is 9.67 Å². The van der Waals surface area contributed by atoms with Crippen LogP contribution in [-0.4, -0.2) is 21.3 Å². The number of aliphatic hydroxyl groups excluding tert-OH is 1. The number of halogens is 1. The Morgan fingerprint density at radius 3 is 2.94 bits per heavy atom. The Bertz CT molecular complexity index is 546. The lowest BCUT2D eigenvalue weighted by molar-refractivity contribution is 0.280. The number of imidazole rings is 1. The second-order valence-electron chi connectivity index (χ2n) is 4.61. The SMILES string of the molecule is OCCCn1c(C2CC2)nc2ccc(Cl)cc21. The van der Waals surface area contributed by atoms with E-state index in [1.54, 1.807) is 0 Å². The molecule has 1 aliphatic carbocycles. The van der Waals surface area contributed by atoms with Gasteiger partial charge in [-0.05, 0) is 37.5 Å². The maximum atomic E-state index is 8.98. The number of nitrogens with zero attached hydrogens (tertiary/aromatic N) is 2. The molecule has 1 saturated carbocycles. The standard InChI is InChI=1S/C13H15ClN2O/c14-10-4-5-11-12(8-10)16(6-1-7-17)13(15-11)9-2-3-9/h4-5,8-9,17H,1-3,6-7H2. The van der Waals surface area contributed by atoms with E-state index in [9.17, 15) is 0 Å². The van der Waals surface area contributed by atoms with E-state index in [1.165, 1.54) is 12.8 Å². The molecule has 1 aromatic heterocycles. The van der Waals surface area contributed by atoms with Crippen LogP contribution in [0.2, 0.25) is 5.02 Å². The molecule has 17 heavy (non-hydrogen) atoms. The van der Waals surface area contributed by atoms with Gasteiger partial charge in [0.15, 0.2) is 0 Å². The highest BCUT2D eigenvalue weighted by atomic mass is 35.5. The van der Waals surface area contributed by atoms with E-state index in [-0.39, 0.29) is 6.61 Å². The van der Waals surface area contributed by atoms with Crippen LogP contribution in [0.1, 0.15) is 31.0 Å². The Labute approximate surface area is 105 Å². The van der Waals surface area contributed by atoms with Gasteiger partial charge in [0.05, 0.1) is 11.0 Å². The molecule has 1 heterocycles. The summed E-state index contributed by atoms with van der Waals surface area (Å²) in [6.07, 6.45) is 3.23. The van der Waals surface area contributed by atoms with Crippen molar-refractivity contribution in [1.82, 2.24) is 9.55 Å². The van der Waals surface area contributed by atoms with Gasteiger partial charge in [-0.25, -0.2) is 4.98 Å². The minimum absolute atomic E-state index is 0.213. The summed E-state index contributed by atoms with van der Waals surface area (Å²) in [6.45, 7) is 1.03. The van der Waals surface area contributed by atoms with Gasteiger partial charge in [0.25, 0.3) is 0 Å². The van der Waals surface area contributed by atoms with Gasteiger partial charge in [0, 0.05) is 24.1 Å². The van der Waals surface area contributed by atoms with Gasteiger partial charge in [-0.2, -0.15) is 0 Å². The maximum Gasteiger partial charge on any atom is 0.112 e. The number of rotatable bonds is 4. The van der Waals surface area contributed by atoms with Crippen molar-refractivity contribution in [3.05, 3.63) is 29.0 Å². The topological polar surface area (TPSA) is 38.0 Å². The first kappa shape index (κ1) is 11.1. The van der Waals surface area contributed by atoms with Crippen molar-refractivity contribution in [3.63, 3.8) is 0 Å². The van der Waals surface area contributed by atoms with Gasteiger partial charge in [-0.15, -0.1) is 0 Å². The third-order valence-electron chi connectivity index (χ3n) is 3.22. The average Bonchev–Trinajstić information content (AvgIpc) is 3.10. The predicted molar refractivity (Wildman–Crippen MR) is 68.4 cm³/mol. The van der Waals surface area contributed by atoms with Crippen LogP contribution in [0.5, 0.6) is 0 Å². The molecule has 1 aliphatic rings. The van der Waals surface area contributed by atoms with Gasteiger partial charge >= 0.3 is 0 Å². The zero-order valence-electron chi connectivity index (χ0n) is 9.56. The average molecular weight is 251 g/mol. The zero-order chi connectivity index (χ0) is 11.8. The van der Waals surface area contributed by atoms with Crippen LogP contribution in [0, 0.1) is 0 Å². The molecule has 1 N–H and O–H groups in total. The Kier molecular flexibility index (Phi) is 2.81. The number of benzene rings is 1. The van der Waals surface area contributed by atoms with E-state index in [0.29, 0.717) is 5.92 Å². The van der Waals surface area contributed by atoms with Crippen LogP contribution < -0.4 is 0 Å². The maximum absolute atomic E-state index is 8.98. The first-order chi connectivity index (χ1) is 8.29. The summed E-state index contributed by atoms with van der Waals surface area (Å²) in [5, 5.41) is 9.72. The summed E-state index contributed by atoms with van der Waals surface area (Å²) >= 11 is 6.04. The quantitative estimate of drug-likeness (QED) is 0.906. The second kappa shape index (κ2) is 4.31. The van der Waals surface area contributed by atoms with Crippen molar-refractivity contribution in [2.75, 3.05) is 6.61 Å². The van der Waals surface area contributed by atoms with E-state index in [1.807, 2.05) is 18.2 Å². The lowest BCUT2D eigenvalue weighted by Gasteiger charge is -2.07. The molecule has 4 heteroatoms. The molecule has 3 rings (SSSR count). The number of hydrogen-bond donors (Lipinski definition) is 1. The first-order valence-electron chi connectivity index (χ1n) is 6.06. The molecule has 0 unspecified atom stereocenters. The first-order valence-corrected chi connectivity index (χ1v) is 6.44. The minimum Gasteiger partial charge on any atom is -0.396 e. The van der Waals surface area contributed by atoms with Gasteiger partial charge in [0.2, 0.25) is 0 Å². The lowest BCUT2D eigenvalue weighted by Crippen LogP contribution is -2.04. The van der Waals surface area contributed by atoms with Crippen LogP contribution in [-0.2, 0) is 6.54 Å².